The molecule has 0 aliphatic carbocycles. The molecule has 3 atom stereocenters. The number of esters is 1. The molecule has 7 aromatic rings. The predicted molar refractivity (Wildman–Crippen MR) is 351 cm³/mol. The van der Waals surface area contributed by atoms with Gasteiger partial charge in [0.05, 0.1) is 42.3 Å². The van der Waals surface area contributed by atoms with Gasteiger partial charge in [0.15, 0.2) is 0 Å². The Kier molecular flexibility index (Phi) is 21.4. The summed E-state index contributed by atoms with van der Waals surface area (Å²) in [5.74, 6) is -0.660. The van der Waals surface area contributed by atoms with Crippen molar-refractivity contribution in [2.24, 2.45) is 10.9 Å². The Labute approximate surface area is 515 Å². The number of methoxy groups -OCH3 is 1. The first-order chi connectivity index (χ1) is 40.7. The first kappa shape index (κ1) is 63.9. The third-order valence-electron chi connectivity index (χ3n) is 14.8. The number of aromatic nitrogens is 1. The zero-order chi connectivity index (χ0) is 60.8. The normalized spacial score (nSPS) is 15.4. The number of allylic oxidation sites excluding steroid dienone is 1. The average Bonchev–Trinajstić information content (AvgIpc) is 2.14. The lowest BCUT2D eigenvalue weighted by Crippen LogP contribution is -2.66. The van der Waals surface area contributed by atoms with Crippen molar-refractivity contribution in [3.63, 3.8) is 0 Å². The molecule has 0 saturated heterocycles. The van der Waals surface area contributed by atoms with Crippen molar-refractivity contribution >= 4 is 82.5 Å². The minimum Gasteiger partial charge on any atom is -0.469 e. The maximum atomic E-state index is 14.6. The predicted octanol–water partition coefficient (Wildman–Crippen LogP) is 13.0. The second-order valence-corrected chi connectivity index (χ2v) is 31.4. The van der Waals surface area contributed by atoms with Crippen molar-refractivity contribution in [3.8, 4) is 10.4 Å². The van der Waals surface area contributed by atoms with Crippen LogP contribution in [0.1, 0.15) is 108 Å². The lowest BCUT2D eigenvalue weighted by atomic mass is 9.84. The fraction of sp³-hybridized carbons (Fsp3) is 0.333. The summed E-state index contributed by atoms with van der Waals surface area (Å²) in [7, 11) is -1.49. The van der Waals surface area contributed by atoms with Gasteiger partial charge in [0.2, 0.25) is 11.8 Å². The number of hydrogen-bond donors (Lipinski definition) is 3. The molecule has 16 heteroatoms. The van der Waals surface area contributed by atoms with Crippen molar-refractivity contribution < 1.29 is 33.1 Å². The largest absolute Gasteiger partial charge is 0.469 e. The molecule has 1 aliphatic rings. The van der Waals surface area contributed by atoms with Crippen LogP contribution in [0.4, 0.5) is 4.79 Å². The third-order valence-corrected chi connectivity index (χ3v) is 23.7. The van der Waals surface area contributed by atoms with E-state index in [0.717, 1.165) is 38.4 Å². The van der Waals surface area contributed by atoms with E-state index in [0.29, 0.717) is 28.8 Å². The van der Waals surface area contributed by atoms with Gasteiger partial charge in [-0.1, -0.05) is 223 Å². The fourth-order valence-corrected chi connectivity index (χ4v) is 18.8. The van der Waals surface area contributed by atoms with Gasteiger partial charge in [-0.3, -0.25) is 19.4 Å². The van der Waals surface area contributed by atoms with Crippen molar-refractivity contribution in [1.82, 2.24) is 20.9 Å². The fourth-order valence-electron chi connectivity index (χ4n) is 10.5. The van der Waals surface area contributed by atoms with Gasteiger partial charge in [0, 0.05) is 5.75 Å². The molecule has 0 fully saturated rings. The van der Waals surface area contributed by atoms with Crippen LogP contribution < -0.4 is 26.3 Å². The van der Waals surface area contributed by atoms with E-state index in [1.165, 1.54) is 40.6 Å². The quantitative estimate of drug-likeness (QED) is 0.0175. The van der Waals surface area contributed by atoms with Crippen molar-refractivity contribution in [3.05, 3.63) is 221 Å². The van der Waals surface area contributed by atoms with Crippen LogP contribution in [0, 0.1) is 5.92 Å². The number of thioether (sulfide) groups is 2. The molecule has 0 bridgehead atoms. The zero-order valence-corrected chi connectivity index (χ0v) is 53.8. The summed E-state index contributed by atoms with van der Waals surface area (Å²) in [4.78, 5) is 65.6. The van der Waals surface area contributed by atoms with Crippen molar-refractivity contribution in [2.45, 2.75) is 121 Å². The van der Waals surface area contributed by atoms with E-state index in [1.54, 1.807) is 6.92 Å². The SMILES string of the molecule is COC(=O)CC(/C=C/CCSC(c1ccccc1)(c1ccccc1)c1ccccc1)NC(=O)C(NC(=O)[C@]1(C)CSC(c2nc(CNC(=O)OC(C)(C)C)sc2-c2ccc(CO[Si](c3ccccc3)(c3ccccc3)C(C)(C)C)cc2)=N1)C(C)C. The Bertz CT molecular complexity index is 3270. The Balaban J connectivity index is 0.996. The van der Waals surface area contributed by atoms with Gasteiger partial charge >= 0.3 is 12.1 Å². The molecule has 6 aromatic carbocycles. The summed E-state index contributed by atoms with van der Waals surface area (Å²) < 4.78 is 17.4. The summed E-state index contributed by atoms with van der Waals surface area (Å²) in [6.45, 7) is 18.2. The Morgan fingerprint density at radius 2 is 1.26 bits per heavy atom. The molecule has 2 heterocycles. The molecule has 3 N–H and O–H groups in total. The highest BCUT2D eigenvalue weighted by molar-refractivity contribution is 8.14. The van der Waals surface area contributed by atoms with Crippen LogP contribution in [0.3, 0.4) is 0 Å². The monoisotopic (exact) mass is 1210 g/mol. The second-order valence-electron chi connectivity index (χ2n) is 23.7. The number of rotatable bonds is 24. The number of amides is 3. The first-order valence-electron chi connectivity index (χ1n) is 28.8. The maximum Gasteiger partial charge on any atom is 0.408 e. The molecular weight excluding hydrogens is 1140 g/mol. The Morgan fingerprint density at radius 1 is 0.729 bits per heavy atom. The lowest BCUT2D eigenvalue weighted by Gasteiger charge is -2.43. The van der Waals surface area contributed by atoms with Crippen LogP contribution >= 0.6 is 34.9 Å². The Morgan fingerprint density at radius 3 is 1.75 bits per heavy atom. The van der Waals surface area contributed by atoms with Crippen LogP contribution in [-0.2, 0) is 46.2 Å². The number of benzene rings is 6. The summed E-state index contributed by atoms with van der Waals surface area (Å²) in [6.07, 6.45) is 3.82. The van der Waals surface area contributed by atoms with Gasteiger partial charge < -0.3 is 29.9 Å². The molecule has 3 amide bonds. The zero-order valence-electron chi connectivity index (χ0n) is 50.3. The molecule has 0 radical (unpaired) electrons. The third kappa shape index (κ3) is 15.7. The van der Waals surface area contributed by atoms with E-state index in [-0.39, 0.29) is 29.7 Å². The molecule has 12 nitrogen and oxygen atoms in total. The summed E-state index contributed by atoms with van der Waals surface area (Å²) in [5, 5.41) is 12.3. The number of ether oxygens (including phenoxy) is 2. The van der Waals surface area contributed by atoms with E-state index in [2.05, 4.69) is 182 Å². The number of hydrogen-bond acceptors (Lipinski definition) is 12. The number of carbonyl (C=O) groups is 4. The second kappa shape index (κ2) is 28.4. The molecule has 444 valence electrons. The number of alkyl carbamates (subject to hydrolysis) is 1. The minimum atomic E-state index is -2.81. The summed E-state index contributed by atoms with van der Waals surface area (Å²) >= 11 is 4.68. The smallest absolute Gasteiger partial charge is 0.408 e. The average molecular weight is 1210 g/mol. The standard InChI is InChI=1S/C69H79N5O7S3Si/c1-48(2)59(62(76)71-54(44-58(75)79-10)34-26-27-43-83-69(51-28-16-11-17-29-51,52-30-18-12-19-31-52)53-32-20-13-21-33-53)73-64(77)68(9)47-82-63(74-68)60-61(84-57(72-60)45-70-65(78)81-66(3,4)5)50-41-39-49(40-42-50)46-80-85(67(6,7)8,55-35-22-14-23-36-55)56-37-24-15-25-38-56/h11-26,28-42,48,54,59H,27,43-47H2,1-10H3,(H,70,78)(H,71,76)(H,73,77)/b34-26+/t54?,59?,68-/m0/s1. The molecule has 1 aromatic heterocycles. The first-order valence-corrected chi connectivity index (χ1v) is 33.5. The van der Waals surface area contributed by atoms with Crippen molar-refractivity contribution in [2.75, 3.05) is 18.6 Å². The highest BCUT2D eigenvalue weighted by Gasteiger charge is 2.50. The minimum absolute atomic E-state index is 0.0988. The highest BCUT2D eigenvalue weighted by atomic mass is 32.2. The van der Waals surface area contributed by atoms with E-state index < -0.39 is 60.2 Å². The maximum absolute atomic E-state index is 14.6. The summed E-state index contributed by atoms with van der Waals surface area (Å²) in [6, 6.07) is 59.3. The van der Waals surface area contributed by atoms with Crippen LogP contribution in [0.2, 0.25) is 5.04 Å². The molecular formula is C69H79N5O7S3Si. The van der Waals surface area contributed by atoms with Crippen LogP contribution in [-0.4, -0.2) is 84.1 Å². The molecule has 0 saturated carbocycles. The van der Waals surface area contributed by atoms with E-state index in [1.807, 2.05) is 88.9 Å². The number of carbonyl (C=O) groups excluding carboxylic acids is 4. The van der Waals surface area contributed by atoms with Crippen molar-refractivity contribution in [1.29, 1.82) is 0 Å². The van der Waals surface area contributed by atoms with E-state index >= 15 is 0 Å². The van der Waals surface area contributed by atoms with Gasteiger partial charge in [-0.2, -0.15) is 0 Å². The Hall–Kier alpha value is -7.08. The molecule has 0 spiro atoms. The van der Waals surface area contributed by atoms with E-state index in [9.17, 15) is 19.2 Å². The molecule has 8 rings (SSSR count). The van der Waals surface area contributed by atoms with Gasteiger partial charge in [0.25, 0.3) is 8.32 Å². The number of thiazole rings is 1. The number of nitrogens with zero attached hydrogens (tertiary/aromatic N) is 2. The van der Waals surface area contributed by atoms with Gasteiger partial charge in [-0.15, -0.1) is 34.9 Å². The van der Waals surface area contributed by atoms with E-state index in [4.69, 9.17) is 23.9 Å². The van der Waals surface area contributed by atoms with Crippen LogP contribution in [0.5, 0.6) is 0 Å². The number of aliphatic imine (C=N–C) groups is 1. The molecule has 2 unspecified atom stereocenters. The van der Waals surface area contributed by atoms with Gasteiger partial charge in [-0.25, -0.2) is 9.78 Å². The highest BCUT2D eigenvalue weighted by Crippen LogP contribution is 2.49. The lowest BCUT2D eigenvalue weighted by molar-refractivity contribution is -0.141. The van der Waals surface area contributed by atoms with Crippen LogP contribution in [0.15, 0.2) is 193 Å². The summed E-state index contributed by atoms with van der Waals surface area (Å²) in [5.41, 5.74) is 4.00. The van der Waals surface area contributed by atoms with Gasteiger partial charge in [-0.05, 0) is 89.0 Å². The topological polar surface area (TPSA) is 157 Å². The van der Waals surface area contributed by atoms with Crippen LogP contribution in [0.25, 0.3) is 10.4 Å². The molecule has 85 heavy (non-hydrogen) atoms. The molecule has 1 aliphatic heterocycles. The van der Waals surface area contributed by atoms with Gasteiger partial charge in [0.1, 0.15) is 32.9 Å². The number of nitrogens with one attached hydrogen (secondary N) is 3.